The molecule has 0 saturated carbocycles. The van der Waals surface area contributed by atoms with Crippen molar-refractivity contribution >= 4 is 28.5 Å². The number of fused-ring (bicyclic) bond motifs is 1. The van der Waals surface area contributed by atoms with E-state index in [0.29, 0.717) is 5.69 Å². The molecule has 2 heterocycles. The van der Waals surface area contributed by atoms with Crippen molar-refractivity contribution in [1.82, 2.24) is 19.7 Å². The van der Waals surface area contributed by atoms with E-state index in [1.165, 1.54) is 11.8 Å². The number of hydrogen-bond donors (Lipinski definition) is 1. The summed E-state index contributed by atoms with van der Waals surface area (Å²) < 4.78 is 1.82. The average Bonchev–Trinajstić information content (AvgIpc) is 2.81. The van der Waals surface area contributed by atoms with E-state index in [9.17, 15) is 9.59 Å². The normalized spacial score (nSPS) is 10.9. The SMILES string of the molecule is CC(=O)N(C)CC(=O)Nc1cnc2c(cnn2C(C)C)c1. The number of nitrogens with zero attached hydrogens (tertiary/aromatic N) is 4. The van der Waals surface area contributed by atoms with Gasteiger partial charge in [0.05, 0.1) is 24.6 Å². The molecule has 0 aliphatic rings. The fraction of sp³-hybridized carbons (Fsp3) is 0.429. The van der Waals surface area contributed by atoms with Crippen LogP contribution in [0.5, 0.6) is 0 Å². The van der Waals surface area contributed by atoms with Gasteiger partial charge in [0.25, 0.3) is 0 Å². The van der Waals surface area contributed by atoms with Crippen LogP contribution in [0.3, 0.4) is 0 Å². The quantitative estimate of drug-likeness (QED) is 0.923. The number of amides is 2. The largest absolute Gasteiger partial charge is 0.337 e. The Hall–Kier alpha value is -2.44. The van der Waals surface area contributed by atoms with Gasteiger partial charge in [-0.15, -0.1) is 0 Å². The van der Waals surface area contributed by atoms with Crippen LogP contribution in [-0.2, 0) is 9.59 Å². The second-order valence-corrected chi connectivity index (χ2v) is 5.24. The monoisotopic (exact) mass is 289 g/mol. The van der Waals surface area contributed by atoms with Crippen molar-refractivity contribution in [3.8, 4) is 0 Å². The fourth-order valence-electron chi connectivity index (χ4n) is 1.91. The van der Waals surface area contributed by atoms with Crippen LogP contribution in [0.1, 0.15) is 26.8 Å². The van der Waals surface area contributed by atoms with Crippen LogP contribution in [0.4, 0.5) is 5.69 Å². The summed E-state index contributed by atoms with van der Waals surface area (Å²) in [4.78, 5) is 28.6. The van der Waals surface area contributed by atoms with Crippen molar-refractivity contribution in [2.75, 3.05) is 18.9 Å². The molecule has 0 aliphatic heterocycles. The molecule has 0 aliphatic carbocycles. The van der Waals surface area contributed by atoms with Gasteiger partial charge in [0.1, 0.15) is 0 Å². The highest BCUT2D eigenvalue weighted by Gasteiger charge is 2.11. The third kappa shape index (κ3) is 3.36. The molecule has 0 spiro atoms. The van der Waals surface area contributed by atoms with Gasteiger partial charge in [-0.05, 0) is 19.9 Å². The highest BCUT2D eigenvalue weighted by atomic mass is 16.2. The smallest absolute Gasteiger partial charge is 0.244 e. The zero-order valence-electron chi connectivity index (χ0n) is 12.6. The minimum absolute atomic E-state index is 0.0125. The van der Waals surface area contributed by atoms with E-state index in [4.69, 9.17) is 0 Å². The Morgan fingerprint density at radius 1 is 1.38 bits per heavy atom. The third-order valence-electron chi connectivity index (χ3n) is 3.12. The predicted molar refractivity (Wildman–Crippen MR) is 79.9 cm³/mol. The van der Waals surface area contributed by atoms with Gasteiger partial charge in [-0.1, -0.05) is 0 Å². The number of likely N-dealkylation sites (N-methyl/N-ethyl adjacent to an activating group) is 1. The lowest BCUT2D eigenvalue weighted by molar-refractivity contribution is -0.131. The minimum atomic E-state index is -0.259. The number of rotatable bonds is 4. The molecule has 0 atom stereocenters. The van der Waals surface area contributed by atoms with Gasteiger partial charge in [0.2, 0.25) is 11.8 Å². The molecule has 2 aromatic heterocycles. The van der Waals surface area contributed by atoms with Gasteiger partial charge in [-0.2, -0.15) is 5.10 Å². The van der Waals surface area contributed by atoms with E-state index < -0.39 is 0 Å². The van der Waals surface area contributed by atoms with Crippen molar-refractivity contribution in [3.05, 3.63) is 18.5 Å². The number of hydrogen-bond acceptors (Lipinski definition) is 4. The van der Waals surface area contributed by atoms with Crippen molar-refractivity contribution in [3.63, 3.8) is 0 Å². The molecule has 0 saturated heterocycles. The number of pyridine rings is 1. The molecule has 2 amide bonds. The van der Waals surface area contributed by atoms with Crippen LogP contribution in [-0.4, -0.2) is 45.1 Å². The lowest BCUT2D eigenvalue weighted by atomic mass is 10.3. The van der Waals surface area contributed by atoms with Crippen LogP contribution >= 0.6 is 0 Å². The standard InChI is InChI=1S/C14H19N5O2/c1-9(2)19-14-11(6-16-19)5-12(7-15-14)17-13(21)8-18(4)10(3)20/h5-7,9H,8H2,1-4H3,(H,17,21). The molecule has 21 heavy (non-hydrogen) atoms. The number of carbonyl (C=O) groups excluding carboxylic acids is 2. The van der Waals surface area contributed by atoms with Crippen molar-refractivity contribution in [2.24, 2.45) is 0 Å². The minimum Gasteiger partial charge on any atom is -0.337 e. The van der Waals surface area contributed by atoms with E-state index >= 15 is 0 Å². The Labute approximate surface area is 122 Å². The maximum Gasteiger partial charge on any atom is 0.244 e. The molecule has 7 heteroatoms. The van der Waals surface area contributed by atoms with E-state index in [2.05, 4.69) is 15.4 Å². The number of carbonyl (C=O) groups is 2. The van der Waals surface area contributed by atoms with Crippen LogP contribution < -0.4 is 5.32 Å². The lowest BCUT2D eigenvalue weighted by Gasteiger charge is -2.14. The van der Waals surface area contributed by atoms with Crippen LogP contribution in [0, 0.1) is 0 Å². The Kier molecular flexibility index (Phi) is 4.21. The molecule has 0 bridgehead atoms. The highest BCUT2D eigenvalue weighted by Crippen LogP contribution is 2.18. The number of aromatic nitrogens is 3. The molecule has 112 valence electrons. The summed E-state index contributed by atoms with van der Waals surface area (Å²) in [6.07, 6.45) is 3.31. The van der Waals surface area contributed by atoms with Crippen molar-refractivity contribution in [1.29, 1.82) is 0 Å². The van der Waals surface area contributed by atoms with Gasteiger partial charge in [0.15, 0.2) is 5.65 Å². The average molecular weight is 289 g/mol. The predicted octanol–water partition coefficient (Wildman–Crippen LogP) is 1.43. The summed E-state index contributed by atoms with van der Waals surface area (Å²) in [7, 11) is 1.58. The first-order valence-electron chi connectivity index (χ1n) is 6.73. The Bertz CT molecular complexity index is 677. The van der Waals surface area contributed by atoms with Crippen LogP contribution in [0.15, 0.2) is 18.5 Å². The van der Waals surface area contributed by atoms with Crippen molar-refractivity contribution < 1.29 is 9.59 Å². The molecule has 2 aromatic rings. The van der Waals surface area contributed by atoms with E-state index in [-0.39, 0.29) is 24.4 Å². The van der Waals surface area contributed by atoms with E-state index in [0.717, 1.165) is 11.0 Å². The van der Waals surface area contributed by atoms with Crippen LogP contribution in [0.25, 0.3) is 11.0 Å². The first-order chi connectivity index (χ1) is 9.88. The molecular weight excluding hydrogens is 270 g/mol. The Morgan fingerprint density at radius 2 is 2.10 bits per heavy atom. The Morgan fingerprint density at radius 3 is 2.71 bits per heavy atom. The van der Waals surface area contributed by atoms with Gasteiger partial charge in [-0.3, -0.25) is 9.59 Å². The van der Waals surface area contributed by atoms with Crippen molar-refractivity contribution in [2.45, 2.75) is 26.8 Å². The first kappa shape index (κ1) is 15.0. The molecule has 0 unspecified atom stereocenters. The summed E-state index contributed by atoms with van der Waals surface area (Å²) in [5.41, 5.74) is 1.37. The summed E-state index contributed by atoms with van der Waals surface area (Å²) >= 11 is 0. The Balaban J connectivity index is 2.13. The van der Waals surface area contributed by atoms with E-state index in [1.807, 2.05) is 24.6 Å². The maximum absolute atomic E-state index is 11.8. The molecule has 0 aromatic carbocycles. The zero-order valence-corrected chi connectivity index (χ0v) is 12.6. The molecule has 7 nitrogen and oxygen atoms in total. The summed E-state index contributed by atoms with van der Waals surface area (Å²) in [5.74, 6) is -0.415. The zero-order chi connectivity index (χ0) is 15.6. The van der Waals surface area contributed by atoms with Gasteiger partial charge in [-0.25, -0.2) is 9.67 Å². The molecule has 0 fully saturated rings. The van der Waals surface area contributed by atoms with E-state index in [1.54, 1.807) is 19.4 Å². The molecule has 0 radical (unpaired) electrons. The lowest BCUT2D eigenvalue weighted by Crippen LogP contribution is -2.33. The highest BCUT2D eigenvalue weighted by molar-refractivity contribution is 5.95. The summed E-state index contributed by atoms with van der Waals surface area (Å²) in [6.45, 7) is 5.49. The van der Waals surface area contributed by atoms with Crippen LogP contribution in [0.2, 0.25) is 0 Å². The second-order valence-electron chi connectivity index (χ2n) is 5.24. The number of anilines is 1. The van der Waals surface area contributed by atoms with Gasteiger partial charge < -0.3 is 10.2 Å². The third-order valence-corrected chi connectivity index (χ3v) is 3.12. The topological polar surface area (TPSA) is 80.1 Å². The van der Waals surface area contributed by atoms with Gasteiger partial charge >= 0.3 is 0 Å². The fourth-order valence-corrected chi connectivity index (χ4v) is 1.91. The molecule has 2 rings (SSSR count). The summed E-state index contributed by atoms with van der Waals surface area (Å²) in [5, 5.41) is 7.86. The first-order valence-corrected chi connectivity index (χ1v) is 6.73. The second kappa shape index (κ2) is 5.90. The molecular formula is C14H19N5O2. The molecule has 1 N–H and O–H groups in total. The maximum atomic E-state index is 11.8. The summed E-state index contributed by atoms with van der Waals surface area (Å²) in [6, 6.07) is 2.04. The number of nitrogens with one attached hydrogen (secondary N) is 1. The van der Waals surface area contributed by atoms with Gasteiger partial charge in [0, 0.05) is 25.4 Å².